The van der Waals surface area contributed by atoms with Gasteiger partial charge in [-0.2, -0.15) is 0 Å². The summed E-state index contributed by atoms with van der Waals surface area (Å²) >= 11 is 24.2. The Bertz CT molecular complexity index is 1610. The number of nitro groups is 1. The molecule has 230 valence electrons. The minimum atomic E-state index is -0.500. The van der Waals surface area contributed by atoms with Gasteiger partial charge in [-0.1, -0.05) is 70.7 Å². The van der Waals surface area contributed by atoms with Gasteiger partial charge >= 0.3 is 11.9 Å². The van der Waals surface area contributed by atoms with Gasteiger partial charge in [0.15, 0.2) is 0 Å². The van der Waals surface area contributed by atoms with E-state index >= 15 is 0 Å². The second-order valence-corrected chi connectivity index (χ2v) is 10.4. The molecule has 0 saturated heterocycles. The number of hydrogen-bond acceptors (Lipinski definition) is 11. The zero-order valence-electron chi connectivity index (χ0n) is 23.2. The summed E-state index contributed by atoms with van der Waals surface area (Å²) in [7, 11) is 2.55. The molecule has 0 aliphatic carbocycles. The quantitative estimate of drug-likeness (QED) is 0.0758. The van der Waals surface area contributed by atoms with E-state index in [1.54, 1.807) is 24.3 Å². The molecule has 0 aliphatic heterocycles. The molecular formula is C28H24Cl4N6O6. The highest BCUT2D eigenvalue weighted by Gasteiger charge is 2.17. The normalized spacial score (nSPS) is 10.4. The predicted octanol–water partition coefficient (Wildman–Crippen LogP) is 5.67. The number of anilines is 1. The Kier molecular flexibility index (Phi) is 12.6. The van der Waals surface area contributed by atoms with Gasteiger partial charge in [0, 0.05) is 41.8 Å². The standard InChI is InChI=1S/C14H11Cl2N3O4.C14H13Cl2N3O2/c1-23-12(20)7-10-13(15)17-11(18-14(10)16)6-8-2-4-9(5-3-8)19(21)22;1-21-12(20)7-10-13(15)18-11(19-14(10)16)6-8-2-4-9(17)5-3-8/h2-5H,6-7H2,1H3;2-5H,6-7,17H2,1H3. The summed E-state index contributed by atoms with van der Waals surface area (Å²) in [6, 6.07) is 13.3. The van der Waals surface area contributed by atoms with Crippen LogP contribution in [-0.2, 0) is 44.7 Å². The number of esters is 2. The smallest absolute Gasteiger partial charge is 0.310 e. The Morgan fingerprint density at radius 2 is 1.05 bits per heavy atom. The number of carbonyl (C=O) groups is 2. The predicted molar refractivity (Wildman–Crippen MR) is 165 cm³/mol. The Balaban J connectivity index is 0.000000241. The van der Waals surface area contributed by atoms with Crippen LogP contribution in [0.2, 0.25) is 20.6 Å². The second-order valence-electron chi connectivity index (χ2n) is 8.92. The number of nitrogens with two attached hydrogens (primary N) is 1. The summed E-state index contributed by atoms with van der Waals surface area (Å²) in [5.74, 6) is -0.125. The minimum absolute atomic E-state index is 0.000779. The first-order valence-corrected chi connectivity index (χ1v) is 14.0. The van der Waals surface area contributed by atoms with E-state index < -0.39 is 16.9 Å². The number of halogens is 4. The Labute approximate surface area is 271 Å². The van der Waals surface area contributed by atoms with E-state index in [-0.39, 0.29) is 39.1 Å². The molecule has 0 atom stereocenters. The largest absolute Gasteiger partial charge is 0.469 e. The van der Waals surface area contributed by atoms with Crippen LogP contribution in [-0.4, -0.2) is 51.0 Å². The SMILES string of the molecule is COC(=O)Cc1c(Cl)nc(Cc2ccc(N)cc2)nc1Cl.COC(=O)Cc1c(Cl)nc(Cc2ccc([N+](=O)[O-])cc2)nc1Cl. The van der Waals surface area contributed by atoms with Gasteiger partial charge in [0.2, 0.25) is 0 Å². The summed E-state index contributed by atoms with van der Waals surface area (Å²) in [4.78, 5) is 49.3. The second kappa shape index (κ2) is 16.1. The van der Waals surface area contributed by atoms with Crippen LogP contribution in [0.5, 0.6) is 0 Å². The van der Waals surface area contributed by atoms with E-state index in [4.69, 9.17) is 52.1 Å². The third-order valence-electron chi connectivity index (χ3n) is 5.85. The van der Waals surface area contributed by atoms with Crippen molar-refractivity contribution < 1.29 is 24.0 Å². The molecule has 0 fully saturated rings. The van der Waals surface area contributed by atoms with Crippen molar-refractivity contribution in [3.63, 3.8) is 0 Å². The number of non-ortho nitro benzene ring substituents is 1. The number of ether oxygens (including phenoxy) is 2. The maximum atomic E-state index is 11.3. The van der Waals surface area contributed by atoms with Gasteiger partial charge < -0.3 is 15.2 Å². The number of aromatic nitrogens is 4. The van der Waals surface area contributed by atoms with Crippen molar-refractivity contribution in [2.75, 3.05) is 20.0 Å². The first kappa shape index (κ1) is 34.4. The molecule has 2 aromatic carbocycles. The molecule has 4 rings (SSSR count). The number of hydrogen-bond donors (Lipinski definition) is 1. The average molecular weight is 682 g/mol. The number of nitro benzene ring substituents is 1. The van der Waals surface area contributed by atoms with E-state index in [1.165, 1.54) is 26.4 Å². The van der Waals surface area contributed by atoms with Crippen LogP contribution in [0, 0.1) is 10.1 Å². The van der Waals surface area contributed by atoms with Gasteiger partial charge in [-0.25, -0.2) is 19.9 Å². The zero-order chi connectivity index (χ0) is 32.4. The average Bonchev–Trinajstić information content (AvgIpc) is 2.98. The molecule has 12 nitrogen and oxygen atoms in total. The lowest BCUT2D eigenvalue weighted by Crippen LogP contribution is -2.09. The van der Waals surface area contributed by atoms with Gasteiger partial charge in [0.25, 0.3) is 5.69 Å². The lowest BCUT2D eigenvalue weighted by atomic mass is 10.1. The molecule has 16 heteroatoms. The van der Waals surface area contributed by atoms with Crippen molar-refractivity contribution in [3.8, 4) is 0 Å². The summed E-state index contributed by atoms with van der Waals surface area (Å²) in [5, 5.41) is 11.1. The van der Waals surface area contributed by atoms with E-state index in [9.17, 15) is 19.7 Å². The molecule has 0 unspecified atom stereocenters. The fourth-order valence-corrected chi connectivity index (χ4v) is 4.67. The fourth-order valence-electron chi connectivity index (χ4n) is 3.56. The summed E-state index contributed by atoms with van der Waals surface area (Å²) in [6.45, 7) is 0. The Morgan fingerprint density at radius 3 is 1.36 bits per heavy atom. The van der Waals surface area contributed by atoms with Gasteiger partial charge in [-0.05, 0) is 23.3 Å². The van der Waals surface area contributed by atoms with Crippen molar-refractivity contribution in [1.82, 2.24) is 19.9 Å². The number of nitrogen functional groups attached to an aromatic ring is 1. The van der Waals surface area contributed by atoms with Crippen molar-refractivity contribution in [3.05, 3.63) is 113 Å². The zero-order valence-corrected chi connectivity index (χ0v) is 26.2. The van der Waals surface area contributed by atoms with E-state index in [0.29, 0.717) is 41.3 Å². The number of carbonyl (C=O) groups excluding carboxylic acids is 2. The van der Waals surface area contributed by atoms with Gasteiger partial charge in [-0.15, -0.1) is 0 Å². The molecule has 2 N–H and O–H groups in total. The third kappa shape index (κ3) is 9.98. The molecule has 4 aromatic rings. The lowest BCUT2D eigenvalue weighted by Gasteiger charge is -2.08. The van der Waals surface area contributed by atoms with Crippen LogP contribution in [0.25, 0.3) is 0 Å². The molecule has 2 aromatic heterocycles. The van der Waals surface area contributed by atoms with Gasteiger partial charge in [0.1, 0.15) is 32.3 Å². The maximum absolute atomic E-state index is 11.3. The number of benzene rings is 2. The highest BCUT2D eigenvalue weighted by molar-refractivity contribution is 6.35. The van der Waals surface area contributed by atoms with Crippen LogP contribution >= 0.6 is 46.4 Å². The number of nitrogens with zero attached hydrogens (tertiary/aromatic N) is 5. The monoisotopic (exact) mass is 680 g/mol. The van der Waals surface area contributed by atoms with Crippen LogP contribution in [0.15, 0.2) is 48.5 Å². The molecule has 0 saturated carbocycles. The highest BCUT2D eigenvalue weighted by Crippen LogP contribution is 2.25. The lowest BCUT2D eigenvalue weighted by molar-refractivity contribution is -0.384. The molecule has 2 heterocycles. The molecule has 44 heavy (non-hydrogen) atoms. The Morgan fingerprint density at radius 1 is 0.705 bits per heavy atom. The number of methoxy groups -OCH3 is 2. The van der Waals surface area contributed by atoms with Crippen molar-refractivity contribution in [2.24, 2.45) is 0 Å². The first-order valence-electron chi connectivity index (χ1n) is 12.5. The van der Waals surface area contributed by atoms with Crippen LogP contribution in [0.1, 0.15) is 33.9 Å². The molecule has 0 radical (unpaired) electrons. The third-order valence-corrected chi connectivity index (χ3v) is 7.10. The molecule has 0 aliphatic rings. The summed E-state index contributed by atoms with van der Waals surface area (Å²) in [5.41, 5.74) is 8.73. The topological polar surface area (TPSA) is 173 Å². The van der Waals surface area contributed by atoms with E-state index in [2.05, 4.69) is 29.4 Å². The minimum Gasteiger partial charge on any atom is -0.469 e. The van der Waals surface area contributed by atoms with Crippen LogP contribution in [0.3, 0.4) is 0 Å². The molecule has 0 amide bonds. The molecule has 0 bridgehead atoms. The van der Waals surface area contributed by atoms with E-state index in [0.717, 1.165) is 11.1 Å². The fraction of sp³-hybridized carbons (Fsp3) is 0.214. The molecular weight excluding hydrogens is 658 g/mol. The van der Waals surface area contributed by atoms with Crippen molar-refractivity contribution >= 4 is 69.7 Å². The summed E-state index contributed by atoms with van der Waals surface area (Å²) in [6.07, 6.45) is 0.594. The molecule has 0 spiro atoms. The van der Waals surface area contributed by atoms with Crippen LogP contribution < -0.4 is 5.73 Å². The number of rotatable bonds is 9. The van der Waals surface area contributed by atoms with Crippen molar-refractivity contribution in [2.45, 2.75) is 25.7 Å². The first-order chi connectivity index (χ1) is 20.9. The van der Waals surface area contributed by atoms with Gasteiger partial charge in [-0.3, -0.25) is 19.7 Å². The van der Waals surface area contributed by atoms with Crippen LogP contribution in [0.4, 0.5) is 11.4 Å². The van der Waals surface area contributed by atoms with E-state index in [1.807, 2.05) is 12.1 Å². The van der Waals surface area contributed by atoms with Crippen molar-refractivity contribution in [1.29, 1.82) is 0 Å². The summed E-state index contributed by atoms with van der Waals surface area (Å²) < 4.78 is 9.13. The highest BCUT2D eigenvalue weighted by atomic mass is 35.5. The van der Waals surface area contributed by atoms with Gasteiger partial charge in [0.05, 0.1) is 32.0 Å². The Hall–Kier alpha value is -4.10. The maximum Gasteiger partial charge on any atom is 0.310 e.